The van der Waals surface area contributed by atoms with Crippen LogP contribution in [0.3, 0.4) is 0 Å². The van der Waals surface area contributed by atoms with Crippen molar-refractivity contribution in [2.45, 2.75) is 84.0 Å². The van der Waals surface area contributed by atoms with Gasteiger partial charge in [-0.25, -0.2) is 0 Å². The second kappa shape index (κ2) is 17.0. The Morgan fingerprint density at radius 3 is 1.69 bits per heavy atom. The fraction of sp³-hybridized carbons (Fsp3) is 0.773. The number of allylic oxidation sites excluding steroid dienone is 2. The second-order valence-corrected chi connectivity index (χ2v) is 7.79. The fourth-order valence-electron chi connectivity index (χ4n) is 3.54. The maximum Gasteiger partial charge on any atom is 0.309 e. The van der Waals surface area contributed by atoms with Crippen LogP contribution in [-0.4, -0.2) is 58.8 Å². The normalized spacial score (nSPS) is 11.8. The number of hydrogen-bond donors (Lipinski definition) is 2. The number of rotatable bonds is 20. The molecule has 0 aromatic rings. The van der Waals surface area contributed by atoms with Gasteiger partial charge >= 0.3 is 11.9 Å². The molecule has 0 spiro atoms. The van der Waals surface area contributed by atoms with Gasteiger partial charge in [-0.3, -0.25) is 9.59 Å². The van der Waals surface area contributed by atoms with Crippen molar-refractivity contribution < 1.29 is 34.2 Å². The number of hydrogen-bond acceptors (Lipinski definition) is 4. The van der Waals surface area contributed by atoms with Crippen LogP contribution < -0.4 is 5.11 Å². The Morgan fingerprint density at radius 1 is 0.724 bits per heavy atom. The fourth-order valence-corrected chi connectivity index (χ4v) is 3.54. The van der Waals surface area contributed by atoms with Gasteiger partial charge in [-0.1, -0.05) is 44.8 Å². The van der Waals surface area contributed by atoms with Crippen LogP contribution in [-0.2, 0) is 14.4 Å². The molecule has 0 heterocycles. The molecule has 0 radical (unpaired) electrons. The summed E-state index contributed by atoms with van der Waals surface area (Å²) < 4.78 is 0.219. The van der Waals surface area contributed by atoms with Crippen LogP contribution in [0, 0.1) is 0 Å². The molecule has 0 unspecified atom stereocenters. The molecule has 0 saturated heterocycles. The molecule has 29 heavy (non-hydrogen) atoms. The first-order valence-corrected chi connectivity index (χ1v) is 10.9. The molecule has 0 aliphatic heterocycles. The average Bonchev–Trinajstić information content (AvgIpc) is 2.66. The van der Waals surface area contributed by atoms with Crippen molar-refractivity contribution in [2.75, 3.05) is 26.2 Å². The van der Waals surface area contributed by atoms with E-state index in [2.05, 4.69) is 19.1 Å². The monoisotopic (exact) mass is 413 g/mol. The molecule has 0 atom stereocenters. The second-order valence-electron chi connectivity index (χ2n) is 7.79. The predicted octanol–water partition coefficient (Wildman–Crippen LogP) is 2.98. The van der Waals surface area contributed by atoms with Gasteiger partial charge in [-0.15, -0.1) is 0 Å². The van der Waals surface area contributed by atoms with Gasteiger partial charge in [0.25, 0.3) is 0 Å². The molecule has 0 amide bonds. The standard InChI is InChI=1S/C22H39NO6/c1-2-3-4-5-6-7-8-9-10-11-12-16-23(17-13-20(24)25,18-14-21(26)27)19-15-22(28)29/h3-4H,2,5-19H2,1H3,(H2-,24,25,26,27,28,29)/b4-3+. The largest absolute Gasteiger partial charge is 0.550 e. The molecule has 0 saturated carbocycles. The third kappa shape index (κ3) is 16.7. The van der Waals surface area contributed by atoms with E-state index in [4.69, 9.17) is 10.2 Å². The zero-order valence-electron chi connectivity index (χ0n) is 17.9. The third-order valence-corrected chi connectivity index (χ3v) is 5.30. The Morgan fingerprint density at radius 2 is 1.21 bits per heavy atom. The predicted molar refractivity (Wildman–Crippen MR) is 110 cm³/mol. The lowest BCUT2D eigenvalue weighted by atomic mass is 10.1. The number of quaternary nitrogens is 1. The van der Waals surface area contributed by atoms with Gasteiger partial charge in [0.1, 0.15) is 0 Å². The number of carbonyl (C=O) groups excluding carboxylic acids is 1. The Kier molecular flexibility index (Phi) is 15.9. The quantitative estimate of drug-likeness (QED) is 0.180. The minimum absolute atomic E-state index is 0.0981. The lowest BCUT2D eigenvalue weighted by molar-refractivity contribution is -0.927. The summed E-state index contributed by atoms with van der Waals surface area (Å²) >= 11 is 0. The number of carboxylic acids is 3. The lowest BCUT2D eigenvalue weighted by Crippen LogP contribution is -2.53. The van der Waals surface area contributed by atoms with E-state index in [0.717, 1.165) is 38.5 Å². The molecule has 0 aliphatic rings. The van der Waals surface area contributed by atoms with Crippen LogP contribution in [0.2, 0.25) is 0 Å². The van der Waals surface area contributed by atoms with E-state index in [1.165, 1.54) is 19.3 Å². The Balaban J connectivity index is 4.41. The molecule has 0 aromatic carbocycles. The van der Waals surface area contributed by atoms with Gasteiger partial charge < -0.3 is 24.6 Å². The van der Waals surface area contributed by atoms with Crippen molar-refractivity contribution in [3.05, 3.63) is 12.2 Å². The number of carboxylic acid groups (broad SMARTS) is 3. The maximum atomic E-state index is 11.0. The summed E-state index contributed by atoms with van der Waals surface area (Å²) in [5, 5.41) is 29.0. The van der Waals surface area contributed by atoms with Gasteiger partial charge in [-0.05, 0) is 32.1 Å². The molecular weight excluding hydrogens is 374 g/mol. The molecular formula is C22H39NO6. The molecule has 2 N–H and O–H groups in total. The van der Waals surface area contributed by atoms with Crippen LogP contribution in [0.25, 0.3) is 0 Å². The Hall–Kier alpha value is -1.89. The lowest BCUT2D eigenvalue weighted by Gasteiger charge is -2.38. The highest BCUT2D eigenvalue weighted by Gasteiger charge is 2.28. The summed E-state index contributed by atoms with van der Waals surface area (Å²) in [6, 6.07) is 0. The average molecular weight is 414 g/mol. The number of nitrogens with zero attached hydrogens (tertiary/aromatic N) is 1. The minimum atomic E-state index is -1.19. The molecule has 0 aliphatic carbocycles. The van der Waals surface area contributed by atoms with Crippen molar-refractivity contribution in [2.24, 2.45) is 0 Å². The first-order chi connectivity index (χ1) is 13.8. The van der Waals surface area contributed by atoms with Gasteiger partial charge in [-0.2, -0.15) is 0 Å². The molecule has 7 nitrogen and oxygen atoms in total. The third-order valence-electron chi connectivity index (χ3n) is 5.30. The highest BCUT2D eigenvalue weighted by molar-refractivity contribution is 5.67. The van der Waals surface area contributed by atoms with Crippen LogP contribution in [0.1, 0.15) is 84.0 Å². The van der Waals surface area contributed by atoms with E-state index in [1.807, 2.05) is 0 Å². The number of unbranched alkanes of at least 4 members (excludes halogenated alkanes) is 7. The topological polar surface area (TPSA) is 115 Å². The summed E-state index contributed by atoms with van der Waals surface area (Å²) in [4.78, 5) is 33.0. The van der Waals surface area contributed by atoms with Gasteiger partial charge in [0.15, 0.2) is 0 Å². The molecule has 7 heteroatoms. The van der Waals surface area contributed by atoms with Gasteiger partial charge in [0.05, 0.1) is 39.0 Å². The van der Waals surface area contributed by atoms with Crippen molar-refractivity contribution in [3.8, 4) is 0 Å². The smallest absolute Gasteiger partial charge is 0.309 e. The van der Waals surface area contributed by atoms with Crippen molar-refractivity contribution in [1.29, 1.82) is 0 Å². The van der Waals surface area contributed by atoms with E-state index in [9.17, 15) is 19.5 Å². The van der Waals surface area contributed by atoms with Crippen molar-refractivity contribution >= 4 is 17.9 Å². The summed E-state index contributed by atoms with van der Waals surface area (Å²) in [7, 11) is 0. The first kappa shape index (κ1) is 27.1. The highest BCUT2D eigenvalue weighted by atomic mass is 16.4. The zero-order chi connectivity index (χ0) is 22.0. The van der Waals surface area contributed by atoms with E-state index in [1.54, 1.807) is 0 Å². The van der Waals surface area contributed by atoms with Gasteiger partial charge in [0, 0.05) is 12.4 Å². The Bertz CT molecular complexity index is 458. The summed E-state index contributed by atoms with van der Waals surface area (Å²) in [5.41, 5.74) is 0. The van der Waals surface area contributed by atoms with Crippen molar-refractivity contribution in [3.63, 3.8) is 0 Å². The molecule has 0 rings (SSSR count). The summed E-state index contributed by atoms with van der Waals surface area (Å²) in [6.45, 7) is 3.46. The zero-order valence-corrected chi connectivity index (χ0v) is 17.9. The van der Waals surface area contributed by atoms with E-state index >= 15 is 0 Å². The van der Waals surface area contributed by atoms with E-state index < -0.39 is 17.9 Å². The summed E-state index contributed by atoms with van der Waals surface area (Å²) in [6.07, 6.45) is 14.0. The van der Waals surface area contributed by atoms with Crippen LogP contribution >= 0.6 is 0 Å². The highest BCUT2D eigenvalue weighted by Crippen LogP contribution is 2.16. The number of aliphatic carboxylic acids is 3. The van der Waals surface area contributed by atoms with E-state index in [-0.39, 0.29) is 43.4 Å². The minimum Gasteiger partial charge on any atom is -0.550 e. The van der Waals surface area contributed by atoms with E-state index in [0.29, 0.717) is 6.54 Å². The summed E-state index contributed by atoms with van der Waals surface area (Å²) in [5.74, 6) is -3.10. The molecule has 0 bridgehead atoms. The van der Waals surface area contributed by atoms with Gasteiger partial charge in [0.2, 0.25) is 0 Å². The maximum absolute atomic E-state index is 11.0. The molecule has 168 valence electrons. The first-order valence-electron chi connectivity index (χ1n) is 10.9. The SMILES string of the molecule is CC/C=C/CCCCCCCCC[N+](CCC(=O)[O-])(CCC(=O)O)CCC(=O)O. The Labute approximate surface area is 175 Å². The van der Waals surface area contributed by atoms with Crippen LogP contribution in [0.5, 0.6) is 0 Å². The van der Waals surface area contributed by atoms with Crippen LogP contribution in [0.15, 0.2) is 12.2 Å². The van der Waals surface area contributed by atoms with Crippen LogP contribution in [0.4, 0.5) is 0 Å². The van der Waals surface area contributed by atoms with Crippen molar-refractivity contribution in [1.82, 2.24) is 0 Å². The molecule has 0 aromatic heterocycles. The molecule has 0 fully saturated rings. The number of carbonyl (C=O) groups is 3.